The minimum atomic E-state index is -0.587. The van der Waals surface area contributed by atoms with Gasteiger partial charge in [-0.15, -0.1) is 0 Å². The molecular formula is C19H15ClN6O2. The lowest BCUT2D eigenvalue weighted by atomic mass is 10.0. The quantitative estimate of drug-likeness (QED) is 0.541. The number of nitrogens with one attached hydrogen (secondary N) is 2. The van der Waals surface area contributed by atoms with Crippen LogP contribution < -0.4 is 5.32 Å². The molecular weight excluding hydrogens is 380 g/mol. The van der Waals surface area contributed by atoms with Crippen molar-refractivity contribution in [3.63, 3.8) is 0 Å². The first-order valence-electron chi connectivity index (χ1n) is 8.29. The van der Waals surface area contributed by atoms with Gasteiger partial charge in [0, 0.05) is 46.4 Å². The van der Waals surface area contributed by atoms with Crippen LogP contribution >= 0.6 is 11.6 Å². The van der Waals surface area contributed by atoms with E-state index in [0.29, 0.717) is 16.7 Å². The zero-order valence-electron chi connectivity index (χ0n) is 14.8. The summed E-state index contributed by atoms with van der Waals surface area (Å²) in [7, 11) is 1.30. The largest absolute Gasteiger partial charge is 0.453 e. The van der Waals surface area contributed by atoms with Gasteiger partial charge in [0.15, 0.2) is 5.82 Å². The summed E-state index contributed by atoms with van der Waals surface area (Å²) in [4.78, 5) is 19.8. The fourth-order valence-electron chi connectivity index (χ4n) is 2.83. The first kappa shape index (κ1) is 17.7. The molecule has 28 heavy (non-hydrogen) atoms. The van der Waals surface area contributed by atoms with E-state index in [2.05, 4.69) is 30.2 Å². The molecule has 0 spiro atoms. The second-order valence-corrected chi connectivity index (χ2v) is 6.23. The maximum atomic E-state index is 11.5. The minimum Gasteiger partial charge on any atom is -0.453 e. The van der Waals surface area contributed by atoms with Gasteiger partial charge in [0.2, 0.25) is 0 Å². The Labute approximate surface area is 165 Å². The number of halogens is 1. The molecule has 2 N–H and O–H groups in total. The summed E-state index contributed by atoms with van der Waals surface area (Å²) in [5, 5.41) is 10.0. The molecule has 8 nitrogen and oxygen atoms in total. The highest BCUT2D eigenvalue weighted by Gasteiger charge is 2.16. The Balaban J connectivity index is 1.82. The maximum absolute atomic E-state index is 11.5. The van der Waals surface area contributed by atoms with Crippen LogP contribution in [0.15, 0.2) is 61.3 Å². The molecule has 0 atom stereocenters. The molecule has 0 aliphatic carbocycles. The number of rotatable bonds is 4. The van der Waals surface area contributed by atoms with Gasteiger partial charge in [0.25, 0.3) is 0 Å². The zero-order chi connectivity index (χ0) is 19.5. The standard InChI is InChI=1S/C19H15ClN6O2/c1-28-19(27)24-17-8-12(6-7-21-17)26-9-14(13-4-2-3-5-16(13)20)15(10-26)18-22-11-23-25-18/h2-11H,1H3,(H,21,24,27)(H,22,23,25). The van der Waals surface area contributed by atoms with E-state index in [4.69, 9.17) is 11.6 Å². The highest BCUT2D eigenvalue weighted by molar-refractivity contribution is 6.33. The van der Waals surface area contributed by atoms with E-state index in [1.165, 1.54) is 13.4 Å². The van der Waals surface area contributed by atoms with Gasteiger partial charge >= 0.3 is 6.09 Å². The molecule has 0 saturated carbocycles. The number of carbonyl (C=O) groups excluding carboxylic acids is 1. The molecule has 3 heterocycles. The second kappa shape index (κ2) is 7.53. The first-order valence-corrected chi connectivity index (χ1v) is 8.67. The van der Waals surface area contributed by atoms with Crippen LogP contribution in [0.5, 0.6) is 0 Å². The van der Waals surface area contributed by atoms with E-state index in [9.17, 15) is 4.79 Å². The van der Waals surface area contributed by atoms with Crippen LogP contribution in [0.1, 0.15) is 0 Å². The van der Waals surface area contributed by atoms with Crippen molar-refractivity contribution in [1.29, 1.82) is 0 Å². The van der Waals surface area contributed by atoms with Crippen LogP contribution in [-0.2, 0) is 4.74 Å². The molecule has 0 radical (unpaired) electrons. The molecule has 4 rings (SSSR count). The number of aromatic amines is 1. The Kier molecular flexibility index (Phi) is 4.77. The highest BCUT2D eigenvalue weighted by atomic mass is 35.5. The number of aromatic nitrogens is 5. The van der Waals surface area contributed by atoms with Crippen molar-refractivity contribution in [1.82, 2.24) is 24.7 Å². The number of methoxy groups -OCH3 is 1. The van der Waals surface area contributed by atoms with Crippen molar-refractivity contribution in [2.45, 2.75) is 0 Å². The number of pyridine rings is 1. The summed E-state index contributed by atoms with van der Waals surface area (Å²) >= 11 is 6.42. The number of H-pyrrole nitrogens is 1. The van der Waals surface area contributed by atoms with Crippen LogP contribution in [0.4, 0.5) is 10.6 Å². The van der Waals surface area contributed by atoms with Crippen molar-refractivity contribution >= 4 is 23.5 Å². The van der Waals surface area contributed by atoms with Crippen LogP contribution in [-0.4, -0.2) is 37.9 Å². The number of anilines is 1. The normalized spacial score (nSPS) is 10.6. The van der Waals surface area contributed by atoms with Crippen LogP contribution in [0.2, 0.25) is 5.02 Å². The molecule has 0 aliphatic rings. The number of benzene rings is 1. The number of amides is 1. The van der Waals surface area contributed by atoms with Crippen LogP contribution in [0, 0.1) is 0 Å². The van der Waals surface area contributed by atoms with E-state index in [-0.39, 0.29) is 0 Å². The predicted molar refractivity (Wildman–Crippen MR) is 105 cm³/mol. The SMILES string of the molecule is COC(=O)Nc1cc(-n2cc(-c3ncn[nH]3)c(-c3ccccc3Cl)c2)ccn1. The zero-order valence-corrected chi connectivity index (χ0v) is 15.5. The minimum absolute atomic E-state index is 0.374. The van der Waals surface area contributed by atoms with Crippen molar-refractivity contribution in [3.8, 4) is 28.2 Å². The van der Waals surface area contributed by atoms with Crippen molar-refractivity contribution in [2.24, 2.45) is 0 Å². The van der Waals surface area contributed by atoms with E-state index in [1.807, 2.05) is 47.3 Å². The van der Waals surface area contributed by atoms with Gasteiger partial charge in [-0.1, -0.05) is 29.8 Å². The molecule has 4 aromatic rings. The Bertz CT molecular complexity index is 1120. The Hall–Kier alpha value is -3.65. The third kappa shape index (κ3) is 3.45. The van der Waals surface area contributed by atoms with Gasteiger partial charge in [0.05, 0.1) is 12.8 Å². The monoisotopic (exact) mass is 394 g/mol. The maximum Gasteiger partial charge on any atom is 0.412 e. The average Bonchev–Trinajstić information content (AvgIpc) is 3.38. The number of hydrogen-bond acceptors (Lipinski definition) is 5. The number of carbonyl (C=O) groups is 1. The molecule has 1 aromatic carbocycles. The molecule has 9 heteroatoms. The molecule has 1 amide bonds. The van der Waals surface area contributed by atoms with Gasteiger partial charge in [0.1, 0.15) is 12.1 Å². The smallest absolute Gasteiger partial charge is 0.412 e. The van der Waals surface area contributed by atoms with Gasteiger partial charge in [-0.05, 0) is 12.1 Å². The van der Waals surface area contributed by atoms with Crippen LogP contribution in [0.3, 0.4) is 0 Å². The number of hydrogen-bond donors (Lipinski definition) is 2. The summed E-state index contributed by atoms with van der Waals surface area (Å²) in [5.41, 5.74) is 3.39. The van der Waals surface area contributed by atoms with E-state index in [1.54, 1.807) is 12.3 Å². The molecule has 3 aromatic heterocycles. The lowest BCUT2D eigenvalue weighted by molar-refractivity contribution is 0.187. The Morgan fingerprint density at radius 2 is 1.96 bits per heavy atom. The van der Waals surface area contributed by atoms with E-state index >= 15 is 0 Å². The number of ether oxygens (including phenoxy) is 1. The lowest BCUT2D eigenvalue weighted by Crippen LogP contribution is -2.12. The van der Waals surface area contributed by atoms with Gasteiger partial charge < -0.3 is 9.30 Å². The molecule has 0 aliphatic heterocycles. The molecule has 140 valence electrons. The molecule has 0 unspecified atom stereocenters. The van der Waals surface area contributed by atoms with Crippen molar-refractivity contribution < 1.29 is 9.53 Å². The summed E-state index contributed by atoms with van der Waals surface area (Å²) in [6, 6.07) is 11.1. The topological polar surface area (TPSA) is 97.7 Å². The second-order valence-electron chi connectivity index (χ2n) is 5.82. The molecule has 0 saturated heterocycles. The average molecular weight is 395 g/mol. The summed E-state index contributed by atoms with van der Waals surface area (Å²) < 4.78 is 6.52. The fourth-order valence-corrected chi connectivity index (χ4v) is 3.06. The van der Waals surface area contributed by atoms with Gasteiger partial charge in [-0.25, -0.2) is 14.8 Å². The van der Waals surface area contributed by atoms with Gasteiger partial charge in [-0.2, -0.15) is 5.10 Å². The third-order valence-electron chi connectivity index (χ3n) is 4.12. The van der Waals surface area contributed by atoms with Gasteiger partial charge in [-0.3, -0.25) is 10.4 Å². The first-order chi connectivity index (χ1) is 13.7. The highest BCUT2D eigenvalue weighted by Crippen LogP contribution is 2.36. The van der Waals surface area contributed by atoms with Crippen molar-refractivity contribution in [3.05, 3.63) is 66.3 Å². The Morgan fingerprint density at radius 3 is 2.71 bits per heavy atom. The van der Waals surface area contributed by atoms with Crippen molar-refractivity contribution in [2.75, 3.05) is 12.4 Å². The molecule has 0 fully saturated rings. The Morgan fingerprint density at radius 1 is 1.14 bits per heavy atom. The summed E-state index contributed by atoms with van der Waals surface area (Å²) in [6.07, 6.45) is 6.32. The van der Waals surface area contributed by atoms with Crippen LogP contribution in [0.25, 0.3) is 28.2 Å². The lowest BCUT2D eigenvalue weighted by Gasteiger charge is -2.06. The molecule has 0 bridgehead atoms. The summed E-state index contributed by atoms with van der Waals surface area (Å²) in [5.74, 6) is 0.995. The predicted octanol–water partition coefficient (Wildman–Crippen LogP) is 4.16. The van der Waals surface area contributed by atoms with E-state index in [0.717, 1.165) is 22.4 Å². The summed E-state index contributed by atoms with van der Waals surface area (Å²) in [6.45, 7) is 0. The number of nitrogens with zero attached hydrogens (tertiary/aromatic N) is 4. The van der Waals surface area contributed by atoms with E-state index < -0.39 is 6.09 Å². The third-order valence-corrected chi connectivity index (χ3v) is 4.45. The fraction of sp³-hybridized carbons (Fsp3) is 0.0526.